The lowest BCUT2D eigenvalue weighted by Gasteiger charge is -2.30. The zero-order valence-electron chi connectivity index (χ0n) is 11.9. The van der Waals surface area contributed by atoms with Gasteiger partial charge < -0.3 is 5.11 Å². The first-order valence-electron chi connectivity index (χ1n) is 7.27. The van der Waals surface area contributed by atoms with E-state index in [1.807, 2.05) is 0 Å². The molecule has 0 atom stereocenters. The summed E-state index contributed by atoms with van der Waals surface area (Å²) in [6, 6.07) is 4.80. The topological polar surface area (TPSA) is 23.5 Å². The first kappa shape index (κ1) is 14.3. The van der Waals surface area contributed by atoms with Gasteiger partial charge in [-0.1, -0.05) is 26.7 Å². The van der Waals surface area contributed by atoms with Gasteiger partial charge in [0, 0.05) is 24.7 Å². The molecule has 1 aromatic carbocycles. The highest BCUT2D eigenvalue weighted by Gasteiger charge is 2.24. The summed E-state index contributed by atoms with van der Waals surface area (Å²) < 4.78 is 13.3. The molecule has 1 aromatic rings. The summed E-state index contributed by atoms with van der Waals surface area (Å²) in [5.74, 6) is 0.508. The first-order chi connectivity index (χ1) is 9.06. The van der Waals surface area contributed by atoms with Gasteiger partial charge in [-0.3, -0.25) is 4.90 Å². The largest absolute Gasteiger partial charge is 0.508 e. The van der Waals surface area contributed by atoms with E-state index in [9.17, 15) is 9.50 Å². The molecular formula is C16H24FNO. The molecule has 1 fully saturated rings. The van der Waals surface area contributed by atoms with Gasteiger partial charge in [0.15, 0.2) is 0 Å². The van der Waals surface area contributed by atoms with Gasteiger partial charge in [0.1, 0.15) is 11.6 Å². The summed E-state index contributed by atoms with van der Waals surface area (Å²) in [6.45, 7) is 6.05. The van der Waals surface area contributed by atoms with Gasteiger partial charge in [0.2, 0.25) is 0 Å². The molecule has 0 spiro atoms. The third-order valence-electron chi connectivity index (χ3n) is 3.86. The number of hydrogen-bond acceptors (Lipinski definition) is 2. The van der Waals surface area contributed by atoms with Crippen LogP contribution in [-0.2, 0) is 6.54 Å². The number of aromatic hydroxyl groups is 1. The maximum Gasteiger partial charge on any atom is 0.123 e. The van der Waals surface area contributed by atoms with Crippen molar-refractivity contribution < 1.29 is 9.50 Å². The number of nitrogens with zero attached hydrogens (tertiary/aromatic N) is 1. The Kier molecular flexibility index (Phi) is 4.81. The molecule has 0 heterocycles. The fraction of sp³-hybridized carbons (Fsp3) is 0.625. The summed E-state index contributed by atoms with van der Waals surface area (Å²) in [5, 5.41) is 9.87. The van der Waals surface area contributed by atoms with Crippen molar-refractivity contribution in [3.05, 3.63) is 29.6 Å². The molecule has 106 valence electrons. The number of hydrogen-bond donors (Lipinski definition) is 1. The van der Waals surface area contributed by atoms with E-state index in [1.165, 1.54) is 43.9 Å². The molecule has 1 N–H and O–H groups in total. The molecule has 0 aliphatic heterocycles. The van der Waals surface area contributed by atoms with Crippen LogP contribution in [0.3, 0.4) is 0 Å². The average molecular weight is 265 g/mol. The predicted octanol–water partition coefficient (Wildman–Crippen LogP) is 3.93. The van der Waals surface area contributed by atoms with Crippen LogP contribution in [0.4, 0.5) is 4.39 Å². The van der Waals surface area contributed by atoms with Gasteiger partial charge >= 0.3 is 0 Å². The van der Waals surface area contributed by atoms with Gasteiger partial charge in [-0.25, -0.2) is 4.39 Å². The first-order valence-corrected chi connectivity index (χ1v) is 7.27. The summed E-state index contributed by atoms with van der Waals surface area (Å²) in [7, 11) is 0. The van der Waals surface area contributed by atoms with Crippen molar-refractivity contribution in [2.45, 2.75) is 52.1 Å². The van der Waals surface area contributed by atoms with Crippen molar-refractivity contribution in [3.63, 3.8) is 0 Å². The van der Waals surface area contributed by atoms with Crippen LogP contribution in [0.5, 0.6) is 5.75 Å². The van der Waals surface area contributed by atoms with E-state index in [0.29, 0.717) is 24.1 Å². The Morgan fingerprint density at radius 1 is 1.32 bits per heavy atom. The molecule has 1 aliphatic carbocycles. The Balaban J connectivity index is 2.12. The van der Waals surface area contributed by atoms with Crippen LogP contribution < -0.4 is 0 Å². The second kappa shape index (κ2) is 6.38. The molecule has 0 aromatic heterocycles. The number of benzene rings is 1. The van der Waals surface area contributed by atoms with Gasteiger partial charge in [0.05, 0.1) is 0 Å². The predicted molar refractivity (Wildman–Crippen MR) is 75.6 cm³/mol. The molecule has 3 heteroatoms. The second-order valence-electron chi connectivity index (χ2n) is 6.03. The van der Waals surface area contributed by atoms with E-state index in [4.69, 9.17) is 0 Å². The highest BCUT2D eigenvalue weighted by atomic mass is 19.1. The van der Waals surface area contributed by atoms with Crippen LogP contribution in [0.1, 0.15) is 45.1 Å². The van der Waals surface area contributed by atoms with Crippen LogP contribution >= 0.6 is 0 Å². The van der Waals surface area contributed by atoms with Crippen molar-refractivity contribution >= 4 is 0 Å². The smallest absolute Gasteiger partial charge is 0.123 e. The summed E-state index contributed by atoms with van der Waals surface area (Å²) in [4.78, 5) is 2.41. The normalized spacial score (nSPS) is 16.7. The minimum absolute atomic E-state index is 0.202. The minimum atomic E-state index is -0.274. The Bertz CT molecular complexity index is 413. The van der Waals surface area contributed by atoms with Gasteiger partial charge in [-0.15, -0.1) is 0 Å². The molecule has 2 nitrogen and oxygen atoms in total. The molecule has 0 unspecified atom stereocenters. The number of phenols is 1. The van der Waals surface area contributed by atoms with Crippen molar-refractivity contribution in [2.75, 3.05) is 6.54 Å². The highest BCUT2D eigenvalue weighted by Crippen LogP contribution is 2.28. The minimum Gasteiger partial charge on any atom is -0.508 e. The van der Waals surface area contributed by atoms with Crippen molar-refractivity contribution in [1.82, 2.24) is 4.90 Å². The lowest BCUT2D eigenvalue weighted by atomic mass is 10.1. The van der Waals surface area contributed by atoms with E-state index in [1.54, 1.807) is 0 Å². The summed E-state index contributed by atoms with van der Waals surface area (Å²) >= 11 is 0. The molecule has 19 heavy (non-hydrogen) atoms. The van der Waals surface area contributed by atoms with Crippen molar-refractivity contribution in [2.24, 2.45) is 5.92 Å². The fourth-order valence-electron chi connectivity index (χ4n) is 2.98. The number of halogens is 1. The standard InChI is InChI=1S/C16H24FNO/c1-12(2)10-18(15-5-3-4-6-15)11-13-9-14(17)7-8-16(13)19/h7-9,12,15,19H,3-6,10-11H2,1-2H3. The maximum atomic E-state index is 13.3. The van der Waals surface area contributed by atoms with Crippen molar-refractivity contribution in [3.8, 4) is 5.75 Å². The number of phenolic OH excluding ortho intramolecular Hbond substituents is 1. The average Bonchev–Trinajstić information content (AvgIpc) is 2.86. The zero-order valence-corrected chi connectivity index (χ0v) is 11.9. The zero-order chi connectivity index (χ0) is 13.8. The molecule has 1 saturated carbocycles. The Morgan fingerprint density at radius 3 is 2.63 bits per heavy atom. The Labute approximate surface area is 115 Å². The molecule has 1 aliphatic rings. The van der Waals surface area contributed by atoms with Crippen LogP contribution in [0.15, 0.2) is 18.2 Å². The highest BCUT2D eigenvalue weighted by molar-refractivity contribution is 5.32. The monoisotopic (exact) mass is 265 g/mol. The SMILES string of the molecule is CC(C)CN(Cc1cc(F)ccc1O)C1CCCC1. The van der Waals surface area contributed by atoms with E-state index < -0.39 is 0 Å². The lowest BCUT2D eigenvalue weighted by molar-refractivity contribution is 0.167. The van der Waals surface area contributed by atoms with E-state index in [-0.39, 0.29) is 11.6 Å². The molecule has 0 amide bonds. The van der Waals surface area contributed by atoms with Gasteiger partial charge in [0.25, 0.3) is 0 Å². The van der Waals surface area contributed by atoms with E-state index in [0.717, 1.165) is 6.54 Å². The molecule has 0 bridgehead atoms. The molecule has 0 saturated heterocycles. The third kappa shape index (κ3) is 3.93. The Hall–Kier alpha value is -1.09. The summed E-state index contributed by atoms with van der Waals surface area (Å²) in [6.07, 6.45) is 5.02. The van der Waals surface area contributed by atoms with E-state index >= 15 is 0 Å². The third-order valence-corrected chi connectivity index (χ3v) is 3.86. The van der Waals surface area contributed by atoms with Crippen molar-refractivity contribution in [1.29, 1.82) is 0 Å². The molecule has 2 rings (SSSR count). The summed E-state index contributed by atoms with van der Waals surface area (Å²) in [5.41, 5.74) is 0.701. The van der Waals surface area contributed by atoms with Crippen LogP contribution in [-0.4, -0.2) is 22.6 Å². The van der Waals surface area contributed by atoms with E-state index in [2.05, 4.69) is 18.7 Å². The van der Waals surface area contributed by atoms with Crippen LogP contribution in [0.2, 0.25) is 0 Å². The second-order valence-corrected chi connectivity index (χ2v) is 6.03. The van der Waals surface area contributed by atoms with Crippen LogP contribution in [0, 0.1) is 11.7 Å². The Morgan fingerprint density at radius 2 is 2.00 bits per heavy atom. The maximum absolute atomic E-state index is 13.3. The quantitative estimate of drug-likeness (QED) is 0.872. The molecular weight excluding hydrogens is 241 g/mol. The van der Waals surface area contributed by atoms with Crippen LogP contribution in [0.25, 0.3) is 0 Å². The van der Waals surface area contributed by atoms with Gasteiger partial charge in [-0.2, -0.15) is 0 Å². The fourth-order valence-corrected chi connectivity index (χ4v) is 2.98. The molecule has 0 radical (unpaired) electrons. The van der Waals surface area contributed by atoms with Gasteiger partial charge in [-0.05, 0) is 37.0 Å². The lowest BCUT2D eigenvalue weighted by Crippen LogP contribution is -2.35. The number of rotatable bonds is 5.